The molecule has 0 spiro atoms. The van der Waals surface area contributed by atoms with Gasteiger partial charge in [-0.3, -0.25) is 4.79 Å². The summed E-state index contributed by atoms with van der Waals surface area (Å²) in [6.45, 7) is 1.43. The summed E-state index contributed by atoms with van der Waals surface area (Å²) >= 11 is 5.95. The zero-order valence-electron chi connectivity index (χ0n) is 14.8. The number of halogens is 1. The minimum absolute atomic E-state index is 0.00445. The molecule has 5 nitrogen and oxygen atoms in total. The third-order valence-electron chi connectivity index (χ3n) is 4.77. The fraction of sp³-hybridized carbons (Fsp3) is 0.350. The molecule has 0 saturated carbocycles. The SMILES string of the molecule is CN(c1ccc(Cl)cc1)C1CCN(C(=O)COc2ccc(CO)cc2)C1. The Morgan fingerprint density at radius 1 is 1.23 bits per heavy atom. The zero-order chi connectivity index (χ0) is 18.5. The quantitative estimate of drug-likeness (QED) is 0.844. The molecular formula is C20H23ClN2O3. The molecule has 1 aliphatic heterocycles. The molecule has 0 bridgehead atoms. The maximum absolute atomic E-state index is 12.4. The van der Waals surface area contributed by atoms with Gasteiger partial charge in [-0.15, -0.1) is 0 Å². The van der Waals surface area contributed by atoms with Crippen LogP contribution in [0.25, 0.3) is 0 Å². The van der Waals surface area contributed by atoms with Crippen LogP contribution in [0.3, 0.4) is 0 Å². The molecule has 0 aromatic heterocycles. The van der Waals surface area contributed by atoms with E-state index in [1.165, 1.54) is 0 Å². The fourth-order valence-electron chi connectivity index (χ4n) is 3.10. The van der Waals surface area contributed by atoms with Gasteiger partial charge in [-0.25, -0.2) is 0 Å². The molecule has 6 heteroatoms. The molecule has 1 heterocycles. The molecule has 138 valence electrons. The average molecular weight is 375 g/mol. The molecule has 0 aliphatic carbocycles. The minimum Gasteiger partial charge on any atom is -0.484 e. The maximum Gasteiger partial charge on any atom is 0.260 e. The molecule has 1 aliphatic rings. The first-order valence-electron chi connectivity index (χ1n) is 8.65. The Kier molecular flexibility index (Phi) is 6.01. The van der Waals surface area contributed by atoms with E-state index in [9.17, 15) is 4.79 Å². The Balaban J connectivity index is 1.50. The van der Waals surface area contributed by atoms with E-state index < -0.39 is 0 Å². The lowest BCUT2D eigenvalue weighted by Crippen LogP contribution is -2.38. The van der Waals surface area contributed by atoms with Gasteiger partial charge in [0.25, 0.3) is 5.91 Å². The number of benzene rings is 2. The molecule has 1 atom stereocenters. The van der Waals surface area contributed by atoms with E-state index >= 15 is 0 Å². The van der Waals surface area contributed by atoms with Crippen molar-refractivity contribution in [2.75, 3.05) is 31.6 Å². The van der Waals surface area contributed by atoms with Gasteiger partial charge >= 0.3 is 0 Å². The Bertz CT molecular complexity index is 734. The predicted octanol–water partition coefficient (Wildman–Crippen LogP) is 2.95. The zero-order valence-corrected chi connectivity index (χ0v) is 15.5. The molecule has 1 unspecified atom stereocenters. The summed E-state index contributed by atoms with van der Waals surface area (Å²) in [6.07, 6.45) is 0.927. The highest BCUT2D eigenvalue weighted by molar-refractivity contribution is 6.30. The summed E-state index contributed by atoms with van der Waals surface area (Å²) in [5.41, 5.74) is 1.91. The van der Waals surface area contributed by atoms with Crippen molar-refractivity contribution in [3.05, 3.63) is 59.1 Å². The molecule has 3 rings (SSSR count). The lowest BCUT2D eigenvalue weighted by Gasteiger charge is -2.27. The number of rotatable bonds is 6. The van der Waals surface area contributed by atoms with Crippen molar-refractivity contribution in [2.45, 2.75) is 19.1 Å². The Morgan fingerprint density at radius 3 is 2.58 bits per heavy atom. The first kappa shape index (κ1) is 18.5. The van der Waals surface area contributed by atoms with Crippen LogP contribution >= 0.6 is 11.6 Å². The van der Waals surface area contributed by atoms with Crippen LogP contribution < -0.4 is 9.64 Å². The van der Waals surface area contributed by atoms with E-state index in [2.05, 4.69) is 4.90 Å². The summed E-state index contributed by atoms with van der Waals surface area (Å²) in [4.78, 5) is 16.5. The highest BCUT2D eigenvalue weighted by atomic mass is 35.5. The topological polar surface area (TPSA) is 53.0 Å². The monoisotopic (exact) mass is 374 g/mol. The van der Waals surface area contributed by atoms with Crippen molar-refractivity contribution in [3.63, 3.8) is 0 Å². The van der Waals surface area contributed by atoms with Crippen LogP contribution in [0.4, 0.5) is 5.69 Å². The van der Waals surface area contributed by atoms with Crippen molar-refractivity contribution in [2.24, 2.45) is 0 Å². The maximum atomic E-state index is 12.4. The van der Waals surface area contributed by atoms with Crippen LogP contribution in [0.15, 0.2) is 48.5 Å². The summed E-state index contributed by atoms with van der Waals surface area (Å²) in [5, 5.41) is 9.76. The molecule has 2 aromatic carbocycles. The van der Waals surface area contributed by atoms with Crippen molar-refractivity contribution >= 4 is 23.2 Å². The summed E-state index contributed by atoms with van der Waals surface area (Å²) in [7, 11) is 2.04. The van der Waals surface area contributed by atoms with E-state index in [4.69, 9.17) is 21.4 Å². The first-order chi connectivity index (χ1) is 12.6. The number of nitrogens with zero attached hydrogens (tertiary/aromatic N) is 2. The van der Waals surface area contributed by atoms with Crippen LogP contribution in [0.2, 0.25) is 5.02 Å². The highest BCUT2D eigenvalue weighted by Crippen LogP contribution is 2.23. The number of carbonyl (C=O) groups excluding carboxylic acids is 1. The van der Waals surface area contributed by atoms with Crippen LogP contribution in [0.1, 0.15) is 12.0 Å². The van der Waals surface area contributed by atoms with Gasteiger partial charge in [0.2, 0.25) is 0 Å². The second kappa shape index (κ2) is 8.43. The normalized spacial score (nSPS) is 16.6. The number of anilines is 1. The van der Waals surface area contributed by atoms with Crippen molar-refractivity contribution in [1.82, 2.24) is 4.90 Å². The molecule has 1 amide bonds. The van der Waals surface area contributed by atoms with E-state index in [0.29, 0.717) is 12.3 Å². The average Bonchev–Trinajstić information content (AvgIpc) is 3.17. The third-order valence-corrected chi connectivity index (χ3v) is 5.02. The van der Waals surface area contributed by atoms with Crippen molar-refractivity contribution < 1.29 is 14.6 Å². The second-order valence-electron chi connectivity index (χ2n) is 6.46. The number of hydrogen-bond donors (Lipinski definition) is 1. The number of aliphatic hydroxyl groups excluding tert-OH is 1. The van der Waals surface area contributed by atoms with E-state index in [-0.39, 0.29) is 25.2 Å². The van der Waals surface area contributed by atoms with Crippen molar-refractivity contribution in [1.29, 1.82) is 0 Å². The van der Waals surface area contributed by atoms with Gasteiger partial charge in [-0.1, -0.05) is 23.7 Å². The first-order valence-corrected chi connectivity index (χ1v) is 9.03. The number of amides is 1. The number of likely N-dealkylation sites (tertiary alicyclic amines) is 1. The van der Waals surface area contributed by atoms with Gasteiger partial charge in [0.1, 0.15) is 5.75 Å². The van der Waals surface area contributed by atoms with Gasteiger partial charge in [-0.05, 0) is 48.4 Å². The lowest BCUT2D eigenvalue weighted by molar-refractivity contribution is -0.132. The van der Waals surface area contributed by atoms with E-state index in [1.807, 2.05) is 36.2 Å². The molecule has 1 fully saturated rings. The lowest BCUT2D eigenvalue weighted by atomic mass is 10.2. The van der Waals surface area contributed by atoms with Gasteiger partial charge in [-0.2, -0.15) is 0 Å². The highest BCUT2D eigenvalue weighted by Gasteiger charge is 2.29. The third kappa shape index (κ3) is 4.48. The van der Waals surface area contributed by atoms with E-state index in [0.717, 1.165) is 29.2 Å². The number of ether oxygens (including phenoxy) is 1. The van der Waals surface area contributed by atoms with Crippen LogP contribution in [0, 0.1) is 0 Å². The Hall–Kier alpha value is -2.24. The summed E-state index contributed by atoms with van der Waals surface area (Å²) in [5.74, 6) is 0.618. The van der Waals surface area contributed by atoms with Gasteiger partial charge in [0.15, 0.2) is 6.61 Å². The fourth-order valence-corrected chi connectivity index (χ4v) is 3.22. The minimum atomic E-state index is -0.0109. The van der Waals surface area contributed by atoms with E-state index in [1.54, 1.807) is 24.3 Å². The molecule has 1 saturated heterocycles. The smallest absolute Gasteiger partial charge is 0.260 e. The van der Waals surface area contributed by atoms with Crippen LogP contribution in [0.5, 0.6) is 5.75 Å². The van der Waals surface area contributed by atoms with Gasteiger partial charge in [0.05, 0.1) is 6.61 Å². The number of likely N-dealkylation sites (N-methyl/N-ethyl adjacent to an activating group) is 1. The standard InChI is InChI=1S/C20H23ClN2O3/c1-22(17-6-4-16(21)5-7-17)18-10-11-23(12-18)20(25)14-26-19-8-2-15(13-24)3-9-19/h2-9,18,24H,10-14H2,1H3. The predicted molar refractivity (Wildman–Crippen MR) is 103 cm³/mol. The second-order valence-corrected chi connectivity index (χ2v) is 6.90. The summed E-state index contributed by atoms with van der Waals surface area (Å²) in [6, 6.07) is 15.1. The van der Waals surface area contributed by atoms with Crippen LogP contribution in [-0.2, 0) is 11.4 Å². The summed E-state index contributed by atoms with van der Waals surface area (Å²) < 4.78 is 5.57. The van der Waals surface area contributed by atoms with Crippen molar-refractivity contribution in [3.8, 4) is 5.75 Å². The molecule has 26 heavy (non-hydrogen) atoms. The molecular weight excluding hydrogens is 352 g/mol. The number of hydrogen-bond acceptors (Lipinski definition) is 4. The molecule has 0 radical (unpaired) electrons. The largest absolute Gasteiger partial charge is 0.484 e. The number of aliphatic hydroxyl groups is 1. The van der Waals surface area contributed by atoms with Gasteiger partial charge < -0.3 is 19.6 Å². The van der Waals surface area contributed by atoms with Gasteiger partial charge in [0, 0.05) is 36.9 Å². The Labute approximate surface area is 158 Å². The molecule has 1 N–H and O–H groups in total. The number of carbonyl (C=O) groups is 1. The Morgan fingerprint density at radius 2 is 1.92 bits per heavy atom. The van der Waals surface area contributed by atoms with Crippen LogP contribution in [-0.4, -0.2) is 48.7 Å². The molecule has 2 aromatic rings.